The first-order valence-corrected chi connectivity index (χ1v) is 7.66. The number of aliphatic hydroxyl groups is 2. The number of nitrogens with zero attached hydrogens (tertiary/aromatic N) is 1. The van der Waals surface area contributed by atoms with Crippen molar-refractivity contribution in [1.82, 2.24) is 4.90 Å². The molecule has 1 amide bonds. The summed E-state index contributed by atoms with van der Waals surface area (Å²) in [5.74, 6) is 0. The Morgan fingerprint density at radius 3 is 2.19 bits per heavy atom. The van der Waals surface area contributed by atoms with Crippen LogP contribution in [0.4, 0.5) is 4.79 Å². The van der Waals surface area contributed by atoms with Crippen LogP contribution in [-0.4, -0.2) is 56.8 Å². The van der Waals surface area contributed by atoms with Crippen molar-refractivity contribution in [2.75, 3.05) is 13.2 Å². The molecule has 2 aliphatic rings. The van der Waals surface area contributed by atoms with E-state index in [1.807, 2.05) is 0 Å². The SMILES string of the molecule is CC1(C)CC2(CC(C)(C)[NH2+]1)OC(=O)N(CCCO)[C@@]2(C)O. The Morgan fingerprint density at radius 2 is 1.71 bits per heavy atom. The second kappa shape index (κ2) is 4.83. The minimum atomic E-state index is -1.36. The van der Waals surface area contributed by atoms with E-state index < -0.39 is 17.4 Å². The fraction of sp³-hybridized carbons (Fsp3) is 0.933. The molecule has 2 saturated heterocycles. The van der Waals surface area contributed by atoms with E-state index in [0.717, 1.165) is 0 Å². The second-order valence-corrected chi connectivity index (χ2v) is 8.09. The lowest BCUT2D eigenvalue weighted by molar-refractivity contribution is -0.793. The smallest absolute Gasteiger partial charge is 0.412 e. The van der Waals surface area contributed by atoms with Crippen LogP contribution in [0.2, 0.25) is 0 Å². The third-order valence-electron chi connectivity index (χ3n) is 4.70. The zero-order chi connectivity index (χ0) is 16.1. The maximum Gasteiger partial charge on any atom is 0.412 e. The van der Waals surface area contributed by atoms with E-state index in [1.54, 1.807) is 6.92 Å². The highest BCUT2D eigenvalue weighted by atomic mass is 16.6. The van der Waals surface area contributed by atoms with E-state index >= 15 is 0 Å². The van der Waals surface area contributed by atoms with Gasteiger partial charge in [-0.1, -0.05) is 0 Å². The second-order valence-electron chi connectivity index (χ2n) is 8.09. The molecule has 2 heterocycles. The van der Waals surface area contributed by atoms with E-state index in [2.05, 4.69) is 33.0 Å². The first-order valence-electron chi connectivity index (χ1n) is 7.66. The van der Waals surface area contributed by atoms with Crippen molar-refractivity contribution in [3.63, 3.8) is 0 Å². The largest absolute Gasteiger partial charge is 0.437 e. The summed E-state index contributed by atoms with van der Waals surface area (Å²) < 4.78 is 5.72. The van der Waals surface area contributed by atoms with Gasteiger partial charge in [0, 0.05) is 26.0 Å². The predicted octanol–water partition coefficient (Wildman–Crippen LogP) is 0.183. The number of aliphatic hydroxyl groups excluding tert-OH is 1. The van der Waals surface area contributed by atoms with Crippen LogP contribution in [-0.2, 0) is 4.74 Å². The molecule has 2 aliphatic heterocycles. The monoisotopic (exact) mass is 301 g/mol. The van der Waals surface area contributed by atoms with E-state index in [1.165, 1.54) is 4.90 Å². The van der Waals surface area contributed by atoms with Crippen molar-refractivity contribution in [1.29, 1.82) is 0 Å². The fourth-order valence-corrected chi connectivity index (χ4v) is 4.38. The van der Waals surface area contributed by atoms with Crippen LogP contribution in [0.3, 0.4) is 0 Å². The van der Waals surface area contributed by atoms with Gasteiger partial charge in [-0.3, -0.25) is 4.90 Å². The van der Waals surface area contributed by atoms with Gasteiger partial charge in [0.15, 0.2) is 11.3 Å². The Morgan fingerprint density at radius 1 is 1.19 bits per heavy atom. The molecule has 122 valence electrons. The molecule has 0 saturated carbocycles. The lowest BCUT2D eigenvalue weighted by atomic mass is 9.68. The Hall–Kier alpha value is -0.850. The molecule has 0 aromatic rings. The van der Waals surface area contributed by atoms with Gasteiger partial charge < -0.3 is 20.3 Å². The summed E-state index contributed by atoms with van der Waals surface area (Å²) in [7, 11) is 0. The molecule has 0 aromatic carbocycles. The summed E-state index contributed by atoms with van der Waals surface area (Å²) in [5.41, 5.74) is -2.51. The molecule has 6 nitrogen and oxygen atoms in total. The summed E-state index contributed by atoms with van der Waals surface area (Å²) in [6.07, 6.45) is 1.14. The number of amides is 1. The van der Waals surface area contributed by atoms with Crippen LogP contribution in [0.1, 0.15) is 53.9 Å². The molecule has 21 heavy (non-hydrogen) atoms. The highest BCUT2D eigenvalue weighted by Gasteiger charge is 2.68. The van der Waals surface area contributed by atoms with E-state index in [0.29, 0.717) is 25.8 Å². The molecule has 4 N–H and O–H groups in total. The number of carbonyl (C=O) groups excluding carboxylic acids is 1. The standard InChI is InChI=1S/C15H28N2O4/c1-12(2)9-15(10-13(3,4)16-12)14(5,20)17(7-6-8-18)11(19)21-15/h16,18,20H,6-10H2,1-5H3/p+1/t14-/m0/s1. The third-order valence-corrected chi connectivity index (χ3v) is 4.70. The van der Waals surface area contributed by atoms with Crippen molar-refractivity contribution in [3.8, 4) is 0 Å². The molecule has 1 atom stereocenters. The zero-order valence-electron chi connectivity index (χ0n) is 13.8. The van der Waals surface area contributed by atoms with Crippen molar-refractivity contribution < 1.29 is 25.1 Å². The van der Waals surface area contributed by atoms with Crippen molar-refractivity contribution in [3.05, 3.63) is 0 Å². The third kappa shape index (κ3) is 2.76. The number of piperidine rings is 1. The van der Waals surface area contributed by atoms with Crippen LogP contribution in [0.15, 0.2) is 0 Å². The van der Waals surface area contributed by atoms with Gasteiger partial charge in [0.05, 0.1) is 11.1 Å². The highest BCUT2D eigenvalue weighted by molar-refractivity contribution is 5.72. The molecule has 2 rings (SSSR count). The number of rotatable bonds is 3. The minimum absolute atomic E-state index is 0.0162. The number of carbonyl (C=O) groups is 1. The van der Waals surface area contributed by atoms with Gasteiger partial charge in [-0.25, -0.2) is 4.79 Å². The Balaban J connectivity index is 2.36. The number of nitrogens with two attached hydrogens (primary N) is 1. The maximum atomic E-state index is 12.2. The minimum Gasteiger partial charge on any atom is -0.437 e. The van der Waals surface area contributed by atoms with Gasteiger partial charge >= 0.3 is 6.09 Å². The number of ether oxygens (including phenoxy) is 1. The van der Waals surface area contributed by atoms with Crippen LogP contribution in [0.25, 0.3) is 0 Å². The molecule has 2 fully saturated rings. The normalized spacial score (nSPS) is 33.3. The van der Waals surface area contributed by atoms with E-state index in [9.17, 15) is 9.90 Å². The molecular formula is C15H29N2O4+. The van der Waals surface area contributed by atoms with Crippen LogP contribution >= 0.6 is 0 Å². The van der Waals surface area contributed by atoms with Crippen LogP contribution in [0, 0.1) is 0 Å². The average Bonchev–Trinajstić information content (AvgIpc) is 2.39. The molecular weight excluding hydrogens is 272 g/mol. The summed E-state index contributed by atoms with van der Waals surface area (Å²) in [6.45, 7) is 10.4. The number of hydrogen-bond donors (Lipinski definition) is 3. The van der Waals surface area contributed by atoms with Gasteiger partial charge in [-0.15, -0.1) is 0 Å². The summed E-state index contributed by atoms with van der Waals surface area (Å²) in [6, 6.07) is 0. The van der Waals surface area contributed by atoms with Crippen LogP contribution in [0.5, 0.6) is 0 Å². The summed E-state index contributed by atoms with van der Waals surface area (Å²) in [4.78, 5) is 13.6. The molecule has 0 radical (unpaired) electrons. The van der Waals surface area contributed by atoms with Gasteiger partial charge in [0.1, 0.15) is 0 Å². The lowest BCUT2D eigenvalue weighted by Gasteiger charge is -2.51. The first kappa shape index (κ1) is 16.5. The van der Waals surface area contributed by atoms with Gasteiger partial charge in [-0.05, 0) is 41.0 Å². The average molecular weight is 301 g/mol. The number of quaternary nitrogens is 1. The van der Waals surface area contributed by atoms with E-state index in [4.69, 9.17) is 9.84 Å². The molecule has 0 aromatic heterocycles. The van der Waals surface area contributed by atoms with Gasteiger partial charge in [-0.2, -0.15) is 0 Å². The predicted molar refractivity (Wildman–Crippen MR) is 77.6 cm³/mol. The number of hydrogen-bond acceptors (Lipinski definition) is 4. The Labute approximate surface area is 126 Å². The molecule has 1 spiro atoms. The van der Waals surface area contributed by atoms with E-state index in [-0.39, 0.29) is 17.7 Å². The van der Waals surface area contributed by atoms with Crippen molar-refractivity contribution >= 4 is 6.09 Å². The Kier molecular flexibility index (Phi) is 3.80. The van der Waals surface area contributed by atoms with Crippen molar-refractivity contribution in [2.45, 2.75) is 76.3 Å². The lowest BCUT2D eigenvalue weighted by Crippen LogP contribution is -3.07. The zero-order valence-corrected chi connectivity index (χ0v) is 13.8. The van der Waals surface area contributed by atoms with Gasteiger partial charge in [0.2, 0.25) is 0 Å². The summed E-state index contributed by atoms with van der Waals surface area (Å²) >= 11 is 0. The highest BCUT2D eigenvalue weighted by Crippen LogP contribution is 2.47. The van der Waals surface area contributed by atoms with Crippen molar-refractivity contribution in [2.24, 2.45) is 0 Å². The van der Waals surface area contributed by atoms with Gasteiger partial charge in [0.25, 0.3) is 0 Å². The topological polar surface area (TPSA) is 86.6 Å². The van der Waals surface area contributed by atoms with Crippen LogP contribution < -0.4 is 5.32 Å². The fourth-order valence-electron chi connectivity index (χ4n) is 4.38. The quantitative estimate of drug-likeness (QED) is 0.694. The molecule has 0 bridgehead atoms. The molecule has 0 aliphatic carbocycles. The molecule has 6 heteroatoms. The molecule has 0 unspecified atom stereocenters. The maximum absolute atomic E-state index is 12.2. The summed E-state index contributed by atoms with van der Waals surface area (Å²) in [5, 5.41) is 22.3. The first-order chi connectivity index (χ1) is 9.45. The Bertz CT molecular complexity index is 415.